The van der Waals surface area contributed by atoms with Crippen LogP contribution in [-0.4, -0.2) is 44.7 Å². The molecule has 1 saturated heterocycles. The van der Waals surface area contributed by atoms with Crippen molar-refractivity contribution in [3.8, 4) is 17.2 Å². The number of hydrogen-bond donors (Lipinski definition) is 1. The number of fused-ring (bicyclic) bond motifs is 7. The number of nitrogens with one attached hydrogen (secondary N) is 1. The van der Waals surface area contributed by atoms with Gasteiger partial charge in [-0.25, -0.2) is 0 Å². The van der Waals surface area contributed by atoms with Gasteiger partial charge in [0, 0.05) is 13.0 Å². The molecule has 3 aromatic rings. The molecule has 33 heavy (non-hydrogen) atoms. The van der Waals surface area contributed by atoms with Gasteiger partial charge < -0.3 is 24.4 Å². The van der Waals surface area contributed by atoms with Crippen molar-refractivity contribution in [1.29, 1.82) is 0 Å². The molecule has 2 atom stereocenters. The van der Waals surface area contributed by atoms with E-state index >= 15 is 0 Å². The zero-order chi connectivity index (χ0) is 23.1. The quantitative estimate of drug-likeness (QED) is 0.409. The van der Waals surface area contributed by atoms with Gasteiger partial charge in [-0.15, -0.1) is 0 Å². The molecule has 2 aliphatic rings. The minimum absolute atomic E-state index is 0.0974. The molecule has 6 heteroatoms. The van der Waals surface area contributed by atoms with Crippen LogP contribution in [0.4, 0.5) is 0 Å². The molecule has 0 saturated carbocycles. The number of amides is 1. The highest BCUT2D eigenvalue weighted by Gasteiger charge is 2.43. The largest absolute Gasteiger partial charge is 0.497 e. The van der Waals surface area contributed by atoms with Crippen LogP contribution >= 0.6 is 0 Å². The van der Waals surface area contributed by atoms with Gasteiger partial charge in [-0.3, -0.25) is 4.79 Å². The van der Waals surface area contributed by atoms with Gasteiger partial charge in [-0.1, -0.05) is 19.4 Å². The number of hydrogen-bond acceptors (Lipinski definition) is 5. The Morgan fingerprint density at radius 2 is 1.70 bits per heavy atom. The Bertz CT molecular complexity index is 1220. The SMILES string of the molecule is CCCCN[C@H]1c2c(c3cc(OC)c(OC)cc3c3cc(OC)ccc23)CN2C(=O)CC[C@H]12. The highest BCUT2D eigenvalue weighted by molar-refractivity contribution is 6.12. The lowest BCUT2D eigenvalue weighted by Crippen LogP contribution is -2.46. The van der Waals surface area contributed by atoms with Gasteiger partial charge in [0.15, 0.2) is 11.5 Å². The summed E-state index contributed by atoms with van der Waals surface area (Å²) in [6.07, 6.45) is 3.75. The number of rotatable bonds is 7. The Kier molecular flexibility index (Phi) is 5.79. The second kappa shape index (κ2) is 8.75. The first kappa shape index (κ1) is 21.8. The van der Waals surface area contributed by atoms with Gasteiger partial charge in [0.05, 0.1) is 33.4 Å². The summed E-state index contributed by atoms with van der Waals surface area (Å²) in [5, 5.41) is 8.34. The zero-order valence-electron chi connectivity index (χ0n) is 19.9. The van der Waals surface area contributed by atoms with Crippen LogP contribution in [0.15, 0.2) is 30.3 Å². The fourth-order valence-corrected chi connectivity index (χ4v) is 5.64. The predicted molar refractivity (Wildman–Crippen MR) is 130 cm³/mol. The van der Waals surface area contributed by atoms with Crippen molar-refractivity contribution in [2.24, 2.45) is 0 Å². The van der Waals surface area contributed by atoms with E-state index < -0.39 is 0 Å². The summed E-state index contributed by atoms with van der Waals surface area (Å²) in [6.45, 7) is 3.76. The summed E-state index contributed by atoms with van der Waals surface area (Å²) in [7, 11) is 5.02. The summed E-state index contributed by atoms with van der Waals surface area (Å²) in [6, 6.07) is 10.7. The highest BCUT2D eigenvalue weighted by atomic mass is 16.5. The van der Waals surface area contributed by atoms with E-state index in [-0.39, 0.29) is 18.0 Å². The molecule has 0 spiro atoms. The average molecular weight is 449 g/mol. The van der Waals surface area contributed by atoms with E-state index in [1.54, 1.807) is 21.3 Å². The number of ether oxygens (including phenoxy) is 3. The Balaban J connectivity index is 1.84. The van der Waals surface area contributed by atoms with E-state index in [1.165, 1.54) is 16.5 Å². The van der Waals surface area contributed by atoms with E-state index in [1.807, 2.05) is 12.1 Å². The lowest BCUT2D eigenvalue weighted by Gasteiger charge is -2.40. The fourth-order valence-electron chi connectivity index (χ4n) is 5.64. The van der Waals surface area contributed by atoms with Crippen LogP contribution in [0.25, 0.3) is 21.5 Å². The summed E-state index contributed by atoms with van der Waals surface area (Å²) in [5.41, 5.74) is 2.50. The van der Waals surface area contributed by atoms with Crippen LogP contribution in [0.5, 0.6) is 17.2 Å². The van der Waals surface area contributed by atoms with Gasteiger partial charge >= 0.3 is 0 Å². The molecule has 5 rings (SSSR count). The number of carbonyl (C=O) groups excluding carboxylic acids is 1. The molecule has 3 aromatic carbocycles. The molecule has 2 aliphatic heterocycles. The number of unbranched alkanes of at least 4 members (excludes halogenated alkanes) is 1. The van der Waals surface area contributed by atoms with Crippen molar-refractivity contribution in [2.45, 2.75) is 51.2 Å². The Hall–Kier alpha value is -2.99. The Morgan fingerprint density at radius 3 is 2.39 bits per heavy atom. The summed E-state index contributed by atoms with van der Waals surface area (Å²) < 4.78 is 16.9. The maximum absolute atomic E-state index is 12.8. The lowest BCUT2D eigenvalue weighted by molar-refractivity contribution is -0.130. The van der Waals surface area contributed by atoms with Crippen LogP contribution in [0.1, 0.15) is 49.8 Å². The minimum Gasteiger partial charge on any atom is -0.497 e. The monoisotopic (exact) mass is 448 g/mol. The van der Waals surface area contributed by atoms with Crippen molar-refractivity contribution >= 4 is 27.5 Å². The molecule has 1 fully saturated rings. The van der Waals surface area contributed by atoms with Gasteiger partial charge in [-0.2, -0.15) is 0 Å². The van der Waals surface area contributed by atoms with Crippen molar-refractivity contribution in [3.63, 3.8) is 0 Å². The Labute approximate surface area is 194 Å². The lowest BCUT2D eigenvalue weighted by atomic mass is 9.82. The molecule has 1 amide bonds. The van der Waals surface area contributed by atoms with E-state index in [4.69, 9.17) is 14.2 Å². The Morgan fingerprint density at radius 1 is 0.970 bits per heavy atom. The first-order chi connectivity index (χ1) is 16.1. The van der Waals surface area contributed by atoms with Crippen LogP contribution in [0.3, 0.4) is 0 Å². The number of benzene rings is 3. The molecule has 2 heterocycles. The molecule has 0 bridgehead atoms. The third-order valence-corrected chi connectivity index (χ3v) is 7.27. The molecule has 174 valence electrons. The van der Waals surface area contributed by atoms with Gasteiger partial charge in [0.1, 0.15) is 5.75 Å². The first-order valence-electron chi connectivity index (χ1n) is 11.8. The molecule has 0 aliphatic carbocycles. The second-order valence-corrected chi connectivity index (χ2v) is 8.97. The smallest absolute Gasteiger partial charge is 0.223 e. The summed E-state index contributed by atoms with van der Waals surface area (Å²) >= 11 is 0. The third-order valence-electron chi connectivity index (χ3n) is 7.27. The van der Waals surface area contributed by atoms with Crippen LogP contribution in [0, 0.1) is 0 Å². The van der Waals surface area contributed by atoms with Gasteiger partial charge in [0.25, 0.3) is 0 Å². The van der Waals surface area contributed by atoms with E-state index in [2.05, 4.69) is 35.3 Å². The van der Waals surface area contributed by atoms with Crippen molar-refractivity contribution < 1.29 is 19.0 Å². The number of nitrogens with zero attached hydrogens (tertiary/aromatic N) is 1. The van der Waals surface area contributed by atoms with E-state index in [0.29, 0.717) is 24.5 Å². The maximum Gasteiger partial charge on any atom is 0.223 e. The van der Waals surface area contributed by atoms with Crippen LogP contribution in [-0.2, 0) is 11.3 Å². The van der Waals surface area contributed by atoms with Gasteiger partial charge in [0.2, 0.25) is 5.91 Å². The zero-order valence-corrected chi connectivity index (χ0v) is 19.9. The second-order valence-electron chi connectivity index (χ2n) is 8.97. The summed E-state index contributed by atoms with van der Waals surface area (Å²) in [5.74, 6) is 2.45. The van der Waals surface area contributed by atoms with Crippen molar-refractivity contribution in [2.75, 3.05) is 27.9 Å². The molecule has 0 aromatic heterocycles. The van der Waals surface area contributed by atoms with Crippen molar-refractivity contribution in [3.05, 3.63) is 41.5 Å². The third kappa shape index (κ3) is 3.48. The fraction of sp³-hybridized carbons (Fsp3) is 0.444. The number of carbonyl (C=O) groups is 1. The molecular formula is C27H32N2O4. The molecular weight excluding hydrogens is 416 g/mol. The number of methoxy groups -OCH3 is 3. The van der Waals surface area contributed by atoms with E-state index in [0.717, 1.165) is 47.7 Å². The molecule has 1 N–H and O–H groups in total. The van der Waals surface area contributed by atoms with Crippen LogP contribution in [0.2, 0.25) is 0 Å². The average Bonchev–Trinajstić information content (AvgIpc) is 3.22. The standard InChI is InChI=1S/C27H32N2O4/c1-5-6-11-28-27-22-9-10-25(30)29(22)15-21-20-14-24(33-4)23(32-3)13-19(20)18-12-16(31-2)7-8-17(18)26(21)27/h7-8,12-14,22,27-28H,5-6,9-11,15H2,1-4H3/t22-,27-/m1/s1. The van der Waals surface area contributed by atoms with Crippen LogP contribution < -0.4 is 19.5 Å². The maximum atomic E-state index is 12.8. The minimum atomic E-state index is 0.0974. The first-order valence-corrected chi connectivity index (χ1v) is 11.8. The van der Waals surface area contributed by atoms with Crippen molar-refractivity contribution in [1.82, 2.24) is 10.2 Å². The van der Waals surface area contributed by atoms with Gasteiger partial charge in [-0.05, 0) is 76.3 Å². The normalized spacial score (nSPS) is 19.6. The highest BCUT2D eigenvalue weighted by Crippen LogP contribution is 2.47. The predicted octanol–water partition coefficient (Wildman–Crippen LogP) is 4.95. The molecule has 6 nitrogen and oxygen atoms in total. The molecule has 0 unspecified atom stereocenters. The van der Waals surface area contributed by atoms with E-state index in [9.17, 15) is 4.79 Å². The summed E-state index contributed by atoms with van der Waals surface area (Å²) in [4.78, 5) is 14.9. The topological polar surface area (TPSA) is 60.0 Å². The molecule has 0 radical (unpaired) electrons.